The van der Waals surface area contributed by atoms with Crippen LogP contribution in [0.15, 0.2) is 134 Å². The molecule has 0 fully saturated rings. The summed E-state index contributed by atoms with van der Waals surface area (Å²) in [6, 6.07) is 41.3. The molecule has 0 bridgehead atoms. The van der Waals surface area contributed by atoms with Gasteiger partial charge in [-0.2, -0.15) is 0 Å². The Kier molecular flexibility index (Phi) is 8.17. The van der Waals surface area contributed by atoms with Gasteiger partial charge in [-0.25, -0.2) is 0 Å². The second kappa shape index (κ2) is 11.5. The topological polar surface area (TPSA) is 0 Å². The molecule has 0 nitrogen and oxygen atoms in total. The molecule has 0 unspecified atom stereocenters. The van der Waals surface area contributed by atoms with Crippen LogP contribution >= 0.6 is 0 Å². The van der Waals surface area contributed by atoms with E-state index in [1.807, 2.05) is 36.4 Å². The normalized spacial score (nSPS) is 10.9. The van der Waals surface area contributed by atoms with Gasteiger partial charge < -0.3 is 0 Å². The maximum atomic E-state index is 4.10. The number of hydrogen-bond donors (Lipinski definition) is 0. The predicted molar refractivity (Wildman–Crippen MR) is 142 cm³/mol. The summed E-state index contributed by atoms with van der Waals surface area (Å²) in [6.07, 6.45) is 0. The highest BCUT2D eigenvalue weighted by Gasteiger charge is 2.04. The fourth-order valence-electron chi connectivity index (χ4n) is 3.44. The molecule has 0 aliphatic rings. The van der Waals surface area contributed by atoms with Crippen molar-refractivity contribution in [3.63, 3.8) is 0 Å². The summed E-state index contributed by atoms with van der Waals surface area (Å²) >= 11 is 0. The molecule has 32 heavy (non-hydrogen) atoms. The average molecular weight is 415 g/mol. The first-order valence-corrected chi connectivity index (χ1v) is 10.8. The maximum Gasteiger partial charge on any atom is -0.0183 e. The first-order valence-electron chi connectivity index (χ1n) is 10.8. The molecule has 0 aliphatic carbocycles. The summed E-state index contributed by atoms with van der Waals surface area (Å²) < 4.78 is 0. The van der Waals surface area contributed by atoms with Crippen molar-refractivity contribution in [1.29, 1.82) is 0 Å². The summed E-state index contributed by atoms with van der Waals surface area (Å²) in [7, 11) is 0. The first-order chi connectivity index (χ1) is 15.6. The van der Waals surface area contributed by atoms with E-state index in [0.29, 0.717) is 0 Å². The molecular formula is C32H30. The molecular weight excluding hydrogens is 384 g/mol. The molecule has 0 heteroatoms. The lowest BCUT2D eigenvalue weighted by Gasteiger charge is -2.09. The van der Waals surface area contributed by atoms with Crippen LogP contribution in [0.25, 0.3) is 22.3 Å². The summed E-state index contributed by atoms with van der Waals surface area (Å²) in [5, 5.41) is 0. The van der Waals surface area contributed by atoms with Crippen LogP contribution in [0.4, 0.5) is 0 Å². The van der Waals surface area contributed by atoms with Gasteiger partial charge in [-0.3, -0.25) is 0 Å². The van der Waals surface area contributed by atoms with E-state index in [1.54, 1.807) is 0 Å². The maximum absolute atomic E-state index is 4.10. The van der Waals surface area contributed by atoms with E-state index in [1.165, 1.54) is 22.3 Å². The third kappa shape index (κ3) is 6.06. The standard InChI is InChI=1S/C16H16.C16H14/c2*1-13(15-9-5-3-6-10-15)14(2)16-11-7-4-8-12-16/h3-12H,1-2H3;3-12H,1-2H2/b14-13-;. The van der Waals surface area contributed by atoms with Gasteiger partial charge in [-0.1, -0.05) is 134 Å². The highest BCUT2D eigenvalue weighted by Crippen LogP contribution is 2.27. The molecule has 4 aromatic carbocycles. The molecule has 0 N–H and O–H groups in total. The highest BCUT2D eigenvalue weighted by molar-refractivity contribution is 6.02. The fraction of sp³-hybridized carbons (Fsp3) is 0.0625. The number of rotatable bonds is 5. The average Bonchev–Trinajstić information content (AvgIpc) is 2.89. The van der Waals surface area contributed by atoms with Crippen molar-refractivity contribution in [3.8, 4) is 0 Å². The summed E-state index contributed by atoms with van der Waals surface area (Å²) in [4.78, 5) is 0. The van der Waals surface area contributed by atoms with Crippen LogP contribution in [0.1, 0.15) is 36.1 Å². The van der Waals surface area contributed by atoms with Crippen LogP contribution in [0.3, 0.4) is 0 Å². The van der Waals surface area contributed by atoms with Crippen molar-refractivity contribution in [2.24, 2.45) is 0 Å². The lowest BCUT2D eigenvalue weighted by atomic mass is 9.95. The molecule has 0 radical (unpaired) electrons. The first kappa shape index (κ1) is 22.8. The van der Waals surface area contributed by atoms with Crippen molar-refractivity contribution in [3.05, 3.63) is 157 Å². The van der Waals surface area contributed by atoms with Gasteiger partial charge in [0.05, 0.1) is 0 Å². The predicted octanol–water partition coefficient (Wildman–Crippen LogP) is 9.05. The third-order valence-electron chi connectivity index (χ3n) is 5.58. The molecule has 0 heterocycles. The number of benzene rings is 4. The van der Waals surface area contributed by atoms with Crippen LogP contribution in [0, 0.1) is 0 Å². The lowest BCUT2D eigenvalue weighted by Crippen LogP contribution is -1.86. The SMILES string of the molecule is C/C(=C(\C)c1ccccc1)c1ccccc1.C=C(C(=C)c1ccccc1)c1ccccc1. The molecule has 0 aliphatic heterocycles. The van der Waals surface area contributed by atoms with Crippen molar-refractivity contribution in [2.75, 3.05) is 0 Å². The smallest absolute Gasteiger partial charge is 0.0183 e. The van der Waals surface area contributed by atoms with Crippen LogP contribution in [-0.4, -0.2) is 0 Å². The van der Waals surface area contributed by atoms with Crippen LogP contribution in [0.5, 0.6) is 0 Å². The van der Waals surface area contributed by atoms with Gasteiger partial charge in [-0.15, -0.1) is 0 Å². The van der Waals surface area contributed by atoms with Gasteiger partial charge in [-0.05, 0) is 58.4 Å². The zero-order chi connectivity index (χ0) is 22.8. The minimum Gasteiger partial charge on any atom is -0.0906 e. The Morgan fingerprint density at radius 3 is 0.844 bits per heavy atom. The Labute approximate surface area is 192 Å². The van der Waals surface area contributed by atoms with Gasteiger partial charge in [0.1, 0.15) is 0 Å². The van der Waals surface area contributed by atoms with E-state index < -0.39 is 0 Å². The molecule has 0 spiro atoms. The molecule has 0 saturated carbocycles. The number of hydrogen-bond acceptors (Lipinski definition) is 0. The van der Waals surface area contributed by atoms with Crippen molar-refractivity contribution >= 4 is 22.3 Å². The van der Waals surface area contributed by atoms with Crippen LogP contribution < -0.4 is 0 Å². The third-order valence-corrected chi connectivity index (χ3v) is 5.58. The molecule has 158 valence electrons. The van der Waals surface area contributed by atoms with E-state index in [0.717, 1.165) is 22.3 Å². The van der Waals surface area contributed by atoms with Gasteiger partial charge in [0.25, 0.3) is 0 Å². The monoisotopic (exact) mass is 414 g/mol. The van der Waals surface area contributed by atoms with E-state index in [-0.39, 0.29) is 0 Å². The van der Waals surface area contributed by atoms with E-state index in [4.69, 9.17) is 0 Å². The Morgan fingerprint density at radius 1 is 0.375 bits per heavy atom. The summed E-state index contributed by atoms with van der Waals surface area (Å²) in [5.74, 6) is 0. The van der Waals surface area contributed by atoms with Gasteiger partial charge in [0, 0.05) is 0 Å². The molecule has 0 aromatic heterocycles. The van der Waals surface area contributed by atoms with E-state index >= 15 is 0 Å². The van der Waals surface area contributed by atoms with Crippen LogP contribution in [-0.2, 0) is 0 Å². The second-order valence-electron chi connectivity index (χ2n) is 7.67. The number of allylic oxidation sites excluding steroid dienone is 4. The molecule has 0 atom stereocenters. The van der Waals surface area contributed by atoms with Gasteiger partial charge >= 0.3 is 0 Å². The highest BCUT2D eigenvalue weighted by atomic mass is 14.1. The molecule has 0 saturated heterocycles. The Morgan fingerprint density at radius 2 is 0.594 bits per heavy atom. The molecule has 4 rings (SSSR count). The lowest BCUT2D eigenvalue weighted by molar-refractivity contribution is 1.51. The minimum absolute atomic E-state index is 0.979. The summed E-state index contributed by atoms with van der Waals surface area (Å²) in [6.45, 7) is 12.6. The zero-order valence-electron chi connectivity index (χ0n) is 19.0. The largest absolute Gasteiger partial charge is 0.0906 e. The van der Waals surface area contributed by atoms with Crippen molar-refractivity contribution in [1.82, 2.24) is 0 Å². The summed E-state index contributed by atoms with van der Waals surface area (Å²) in [5.41, 5.74) is 9.47. The second-order valence-corrected chi connectivity index (χ2v) is 7.67. The molecule has 4 aromatic rings. The zero-order valence-corrected chi connectivity index (χ0v) is 19.0. The van der Waals surface area contributed by atoms with Gasteiger partial charge in [0.2, 0.25) is 0 Å². The van der Waals surface area contributed by atoms with E-state index in [2.05, 4.69) is 112 Å². The Bertz CT molecular complexity index is 1070. The minimum atomic E-state index is 0.979. The Hall–Kier alpha value is -3.90. The van der Waals surface area contributed by atoms with Crippen molar-refractivity contribution in [2.45, 2.75) is 13.8 Å². The van der Waals surface area contributed by atoms with Gasteiger partial charge in [0.15, 0.2) is 0 Å². The van der Waals surface area contributed by atoms with Crippen LogP contribution in [0.2, 0.25) is 0 Å². The molecule has 0 amide bonds. The fourth-order valence-corrected chi connectivity index (χ4v) is 3.44. The van der Waals surface area contributed by atoms with Crippen molar-refractivity contribution < 1.29 is 0 Å². The quantitative estimate of drug-likeness (QED) is 0.226. The Balaban J connectivity index is 0.000000181. The van der Waals surface area contributed by atoms with E-state index in [9.17, 15) is 0 Å².